The summed E-state index contributed by atoms with van der Waals surface area (Å²) >= 11 is 0. The van der Waals surface area contributed by atoms with Crippen molar-refractivity contribution in [2.45, 2.75) is 17.6 Å². The van der Waals surface area contributed by atoms with Crippen LogP contribution in [-0.4, -0.2) is 13.4 Å². The maximum atomic E-state index is 13.0. The molecule has 1 aromatic heterocycles. The van der Waals surface area contributed by atoms with E-state index in [4.69, 9.17) is 0 Å². The molecule has 0 unspecified atom stereocenters. The molecule has 4 heteroatoms. The fourth-order valence-electron chi connectivity index (χ4n) is 3.22. The molecule has 3 nitrogen and oxygen atoms in total. The van der Waals surface area contributed by atoms with Crippen LogP contribution in [0, 0.1) is 6.92 Å². The van der Waals surface area contributed by atoms with E-state index < -0.39 is 9.84 Å². The highest BCUT2D eigenvalue weighted by Crippen LogP contribution is 2.33. The lowest BCUT2D eigenvalue weighted by Crippen LogP contribution is -2.05. The molecule has 3 aromatic carbocycles. The number of hydrogen-bond donors (Lipinski definition) is 1. The monoisotopic (exact) mass is 361 g/mol. The smallest absolute Gasteiger partial charge is 0.182 e. The quantitative estimate of drug-likeness (QED) is 0.549. The Kier molecular flexibility index (Phi) is 4.13. The summed E-state index contributed by atoms with van der Waals surface area (Å²) in [5, 5.41) is 0.946. The van der Waals surface area contributed by atoms with Crippen molar-refractivity contribution >= 4 is 20.7 Å². The average Bonchev–Trinajstić information content (AvgIpc) is 3.01. The predicted octanol–water partition coefficient (Wildman–Crippen LogP) is 5.12. The zero-order chi connectivity index (χ0) is 18.1. The van der Waals surface area contributed by atoms with Crippen LogP contribution in [0.25, 0.3) is 22.2 Å². The van der Waals surface area contributed by atoms with Crippen molar-refractivity contribution in [2.24, 2.45) is 0 Å². The highest BCUT2D eigenvalue weighted by Gasteiger charge is 2.21. The Balaban J connectivity index is 1.86. The number of sulfone groups is 1. The zero-order valence-electron chi connectivity index (χ0n) is 14.4. The minimum Gasteiger partial charge on any atom is -0.354 e. The van der Waals surface area contributed by atoms with E-state index in [-0.39, 0.29) is 5.75 Å². The first-order chi connectivity index (χ1) is 12.5. The van der Waals surface area contributed by atoms with Crippen molar-refractivity contribution in [3.05, 3.63) is 90.0 Å². The topological polar surface area (TPSA) is 49.9 Å². The number of aromatic nitrogens is 1. The molecule has 0 bridgehead atoms. The van der Waals surface area contributed by atoms with Crippen molar-refractivity contribution in [2.75, 3.05) is 0 Å². The molecule has 0 amide bonds. The molecular weight excluding hydrogens is 342 g/mol. The third-order valence-electron chi connectivity index (χ3n) is 4.59. The summed E-state index contributed by atoms with van der Waals surface area (Å²) in [7, 11) is -3.44. The Morgan fingerprint density at radius 2 is 1.46 bits per heavy atom. The van der Waals surface area contributed by atoms with Crippen molar-refractivity contribution in [3.63, 3.8) is 0 Å². The SMILES string of the molecule is Cc1ccc(S(=O)(=O)Cc2c(-c3ccccc3)[nH]c3ccccc23)cc1. The summed E-state index contributed by atoms with van der Waals surface area (Å²) in [5.74, 6) is -0.0374. The average molecular weight is 361 g/mol. The second-order valence-corrected chi connectivity index (χ2v) is 8.45. The van der Waals surface area contributed by atoms with Gasteiger partial charge in [-0.05, 0) is 30.7 Å². The Labute approximate surface area is 153 Å². The lowest BCUT2D eigenvalue weighted by molar-refractivity contribution is 0.595. The number of nitrogens with one attached hydrogen (secondary N) is 1. The normalized spacial score (nSPS) is 11.7. The van der Waals surface area contributed by atoms with Crippen molar-refractivity contribution in [3.8, 4) is 11.3 Å². The molecular formula is C22H19NO2S. The lowest BCUT2D eigenvalue weighted by atomic mass is 10.1. The summed E-state index contributed by atoms with van der Waals surface area (Å²) in [6, 6.07) is 24.7. The van der Waals surface area contributed by atoms with Gasteiger partial charge in [0, 0.05) is 16.5 Å². The van der Waals surface area contributed by atoms with Gasteiger partial charge >= 0.3 is 0 Å². The van der Waals surface area contributed by atoms with Gasteiger partial charge in [0.15, 0.2) is 9.84 Å². The van der Waals surface area contributed by atoms with Crippen LogP contribution in [0.4, 0.5) is 0 Å². The van der Waals surface area contributed by atoms with Gasteiger partial charge in [-0.1, -0.05) is 66.2 Å². The van der Waals surface area contributed by atoms with Crippen molar-refractivity contribution < 1.29 is 8.42 Å². The van der Waals surface area contributed by atoms with Crippen LogP contribution in [0.1, 0.15) is 11.1 Å². The standard InChI is InChI=1S/C22H19NO2S/c1-16-11-13-18(14-12-16)26(24,25)15-20-19-9-5-6-10-21(19)23-22(20)17-7-3-2-4-8-17/h2-14,23H,15H2,1H3. The molecule has 4 aromatic rings. The number of fused-ring (bicyclic) bond motifs is 1. The van der Waals surface area contributed by atoms with E-state index >= 15 is 0 Å². The molecule has 0 saturated carbocycles. The van der Waals surface area contributed by atoms with E-state index in [1.165, 1.54) is 0 Å². The van der Waals surface area contributed by atoms with Gasteiger partial charge in [0.1, 0.15) is 0 Å². The minimum absolute atomic E-state index is 0.0374. The Bertz CT molecular complexity index is 1160. The van der Waals surface area contributed by atoms with Gasteiger partial charge in [-0.3, -0.25) is 0 Å². The van der Waals surface area contributed by atoms with Gasteiger partial charge in [-0.15, -0.1) is 0 Å². The second-order valence-electron chi connectivity index (χ2n) is 6.46. The van der Waals surface area contributed by atoms with Gasteiger partial charge in [0.05, 0.1) is 16.3 Å². The first-order valence-corrected chi connectivity index (χ1v) is 10.1. The second kappa shape index (κ2) is 6.46. The molecule has 1 heterocycles. The number of H-pyrrole nitrogens is 1. The molecule has 130 valence electrons. The summed E-state index contributed by atoms with van der Waals surface area (Å²) in [5.41, 5.74) is 4.65. The van der Waals surface area contributed by atoms with Crippen LogP contribution in [0.2, 0.25) is 0 Å². The van der Waals surface area contributed by atoms with Gasteiger partial charge in [0.25, 0.3) is 0 Å². The maximum absolute atomic E-state index is 13.0. The predicted molar refractivity (Wildman–Crippen MR) is 106 cm³/mol. The highest BCUT2D eigenvalue weighted by atomic mass is 32.2. The van der Waals surface area contributed by atoms with Crippen molar-refractivity contribution in [1.29, 1.82) is 0 Å². The zero-order valence-corrected chi connectivity index (χ0v) is 15.3. The first kappa shape index (κ1) is 16.6. The number of rotatable bonds is 4. The molecule has 4 rings (SSSR count). The van der Waals surface area contributed by atoms with E-state index in [1.807, 2.05) is 73.7 Å². The first-order valence-electron chi connectivity index (χ1n) is 8.49. The Hall–Kier alpha value is -2.85. The molecule has 0 fully saturated rings. The van der Waals surface area contributed by atoms with Crippen LogP contribution < -0.4 is 0 Å². The summed E-state index contributed by atoms with van der Waals surface area (Å²) < 4.78 is 26.0. The lowest BCUT2D eigenvalue weighted by Gasteiger charge is -2.08. The number of benzene rings is 3. The van der Waals surface area contributed by atoms with Crippen LogP contribution >= 0.6 is 0 Å². The van der Waals surface area contributed by atoms with E-state index in [9.17, 15) is 8.42 Å². The van der Waals surface area contributed by atoms with E-state index in [0.29, 0.717) is 4.90 Å². The molecule has 0 aliphatic rings. The van der Waals surface area contributed by atoms with Gasteiger partial charge in [-0.25, -0.2) is 8.42 Å². The van der Waals surface area contributed by atoms with Crippen molar-refractivity contribution in [1.82, 2.24) is 4.98 Å². The molecule has 0 spiro atoms. The summed E-state index contributed by atoms with van der Waals surface area (Å²) in [4.78, 5) is 3.75. The summed E-state index contributed by atoms with van der Waals surface area (Å²) in [6.07, 6.45) is 0. The van der Waals surface area contributed by atoms with Crippen LogP contribution in [0.15, 0.2) is 83.8 Å². The van der Waals surface area contributed by atoms with Crippen LogP contribution in [-0.2, 0) is 15.6 Å². The third kappa shape index (κ3) is 3.04. The van der Waals surface area contributed by atoms with Gasteiger partial charge in [0.2, 0.25) is 0 Å². The molecule has 0 aliphatic carbocycles. The number of hydrogen-bond acceptors (Lipinski definition) is 2. The van der Waals surface area contributed by atoms with Gasteiger partial charge in [-0.2, -0.15) is 0 Å². The van der Waals surface area contributed by atoms with Crippen LogP contribution in [0.5, 0.6) is 0 Å². The van der Waals surface area contributed by atoms with Gasteiger partial charge < -0.3 is 4.98 Å². The number of para-hydroxylation sites is 1. The Morgan fingerprint density at radius 3 is 2.19 bits per heavy atom. The maximum Gasteiger partial charge on any atom is 0.182 e. The number of aryl methyl sites for hydroxylation is 1. The van der Waals surface area contributed by atoms with Crippen LogP contribution in [0.3, 0.4) is 0 Å². The van der Waals surface area contributed by atoms with E-state index in [2.05, 4.69) is 4.98 Å². The molecule has 26 heavy (non-hydrogen) atoms. The largest absolute Gasteiger partial charge is 0.354 e. The third-order valence-corrected chi connectivity index (χ3v) is 6.25. The van der Waals surface area contributed by atoms with E-state index in [0.717, 1.165) is 33.3 Å². The molecule has 0 saturated heterocycles. The minimum atomic E-state index is -3.44. The summed E-state index contributed by atoms with van der Waals surface area (Å²) in [6.45, 7) is 1.95. The molecule has 0 radical (unpaired) electrons. The molecule has 1 N–H and O–H groups in total. The number of aromatic amines is 1. The fraction of sp³-hybridized carbons (Fsp3) is 0.0909. The highest BCUT2D eigenvalue weighted by molar-refractivity contribution is 7.90. The molecule has 0 aliphatic heterocycles. The molecule has 0 atom stereocenters. The Morgan fingerprint density at radius 1 is 0.808 bits per heavy atom. The van der Waals surface area contributed by atoms with E-state index in [1.54, 1.807) is 12.1 Å². The fourth-order valence-corrected chi connectivity index (χ4v) is 4.62.